The van der Waals surface area contributed by atoms with Crippen molar-refractivity contribution >= 4 is 29.3 Å². The first kappa shape index (κ1) is 18.5. The maximum absolute atomic E-state index is 5.69. The molecular weight excluding hydrogens is 348 g/mol. The SMILES string of the molecule is C=Nc1cc(-c2ccc3ncc(N4CCNC(C)C4)nc3c2)ccc1CCN. The molecule has 2 aromatic carbocycles. The van der Waals surface area contributed by atoms with Crippen LogP contribution in [-0.2, 0) is 6.42 Å². The van der Waals surface area contributed by atoms with E-state index in [1.165, 1.54) is 0 Å². The molecule has 0 bridgehead atoms. The van der Waals surface area contributed by atoms with E-state index in [0.717, 1.165) is 65.3 Å². The fourth-order valence-corrected chi connectivity index (χ4v) is 3.73. The summed E-state index contributed by atoms with van der Waals surface area (Å²) in [6.45, 7) is 9.35. The molecule has 6 heteroatoms. The van der Waals surface area contributed by atoms with Crippen LogP contribution in [0.1, 0.15) is 12.5 Å². The summed E-state index contributed by atoms with van der Waals surface area (Å²) in [7, 11) is 0. The zero-order valence-corrected chi connectivity index (χ0v) is 16.2. The van der Waals surface area contributed by atoms with Gasteiger partial charge < -0.3 is 16.0 Å². The van der Waals surface area contributed by atoms with Gasteiger partial charge in [-0.15, -0.1) is 0 Å². The topological polar surface area (TPSA) is 79.4 Å². The van der Waals surface area contributed by atoms with E-state index in [1.54, 1.807) is 0 Å². The van der Waals surface area contributed by atoms with Gasteiger partial charge >= 0.3 is 0 Å². The maximum Gasteiger partial charge on any atom is 0.147 e. The number of nitrogens with one attached hydrogen (secondary N) is 1. The molecule has 3 N–H and O–H groups in total. The lowest BCUT2D eigenvalue weighted by atomic mass is 10.0. The van der Waals surface area contributed by atoms with Crippen molar-refractivity contribution in [3.63, 3.8) is 0 Å². The molecule has 1 atom stereocenters. The summed E-state index contributed by atoms with van der Waals surface area (Å²) in [5.41, 5.74) is 11.7. The third-order valence-electron chi connectivity index (χ3n) is 5.22. The van der Waals surface area contributed by atoms with Crippen molar-refractivity contribution in [2.75, 3.05) is 31.1 Å². The van der Waals surface area contributed by atoms with Crippen LogP contribution in [0.4, 0.5) is 11.5 Å². The lowest BCUT2D eigenvalue weighted by molar-refractivity contribution is 0.482. The van der Waals surface area contributed by atoms with Gasteiger partial charge in [0.2, 0.25) is 0 Å². The van der Waals surface area contributed by atoms with Gasteiger partial charge in [0.05, 0.1) is 22.9 Å². The molecule has 1 unspecified atom stereocenters. The van der Waals surface area contributed by atoms with Gasteiger partial charge in [0.15, 0.2) is 0 Å². The molecule has 0 aliphatic carbocycles. The summed E-state index contributed by atoms with van der Waals surface area (Å²) >= 11 is 0. The minimum Gasteiger partial charge on any atom is -0.352 e. The summed E-state index contributed by atoms with van der Waals surface area (Å²) in [6, 6.07) is 12.9. The largest absolute Gasteiger partial charge is 0.352 e. The van der Waals surface area contributed by atoms with Gasteiger partial charge in [-0.3, -0.25) is 9.98 Å². The van der Waals surface area contributed by atoms with Crippen LogP contribution in [0.3, 0.4) is 0 Å². The van der Waals surface area contributed by atoms with Crippen LogP contribution >= 0.6 is 0 Å². The van der Waals surface area contributed by atoms with E-state index in [-0.39, 0.29) is 0 Å². The van der Waals surface area contributed by atoms with Crippen LogP contribution in [0, 0.1) is 0 Å². The molecule has 6 nitrogen and oxygen atoms in total. The van der Waals surface area contributed by atoms with Gasteiger partial charge in [-0.1, -0.05) is 18.2 Å². The van der Waals surface area contributed by atoms with Crippen LogP contribution in [0.2, 0.25) is 0 Å². The molecule has 1 aliphatic rings. The van der Waals surface area contributed by atoms with Gasteiger partial charge in [0.1, 0.15) is 5.82 Å². The summed E-state index contributed by atoms with van der Waals surface area (Å²) in [5, 5.41) is 3.46. The number of rotatable bonds is 5. The maximum atomic E-state index is 5.69. The second-order valence-electron chi connectivity index (χ2n) is 7.27. The van der Waals surface area contributed by atoms with Crippen LogP contribution in [0.15, 0.2) is 47.6 Å². The van der Waals surface area contributed by atoms with Crippen LogP contribution in [0.5, 0.6) is 0 Å². The highest BCUT2D eigenvalue weighted by atomic mass is 15.2. The second kappa shape index (κ2) is 8.04. The Morgan fingerprint density at radius 3 is 2.82 bits per heavy atom. The number of fused-ring (bicyclic) bond motifs is 1. The molecule has 28 heavy (non-hydrogen) atoms. The van der Waals surface area contributed by atoms with Gasteiger partial charge in [0, 0.05) is 25.7 Å². The lowest BCUT2D eigenvalue weighted by Gasteiger charge is -2.32. The van der Waals surface area contributed by atoms with E-state index < -0.39 is 0 Å². The molecule has 0 spiro atoms. The standard InChI is InChI=1S/C22H26N6/c1-15-14-28(10-9-25-15)22-13-26-19-6-5-18(12-21(19)27-22)17-4-3-16(7-8-23)20(11-17)24-2/h3-6,11-13,15,25H,2,7-10,14,23H2,1H3. The zero-order chi connectivity index (χ0) is 19.5. The number of aliphatic imine (C=N–C) groups is 1. The van der Waals surface area contributed by atoms with Crippen molar-refractivity contribution in [1.29, 1.82) is 0 Å². The summed E-state index contributed by atoms with van der Waals surface area (Å²) in [5.74, 6) is 0.935. The van der Waals surface area contributed by atoms with Crippen molar-refractivity contribution < 1.29 is 0 Å². The summed E-state index contributed by atoms with van der Waals surface area (Å²) < 4.78 is 0. The fourth-order valence-electron chi connectivity index (χ4n) is 3.73. The zero-order valence-electron chi connectivity index (χ0n) is 16.2. The van der Waals surface area contributed by atoms with E-state index in [1.807, 2.05) is 12.3 Å². The van der Waals surface area contributed by atoms with Crippen LogP contribution in [-0.4, -0.2) is 48.9 Å². The molecule has 1 aliphatic heterocycles. The molecule has 1 aromatic heterocycles. The molecule has 1 fully saturated rings. The second-order valence-corrected chi connectivity index (χ2v) is 7.27. The van der Waals surface area contributed by atoms with Crippen molar-refractivity contribution in [3.05, 3.63) is 48.2 Å². The van der Waals surface area contributed by atoms with Gasteiger partial charge in [-0.05, 0) is 61.5 Å². The van der Waals surface area contributed by atoms with E-state index in [2.05, 4.69) is 64.2 Å². The van der Waals surface area contributed by atoms with Crippen LogP contribution < -0.4 is 16.0 Å². The third-order valence-corrected chi connectivity index (χ3v) is 5.22. The normalized spacial score (nSPS) is 17.1. The van der Waals surface area contributed by atoms with Gasteiger partial charge in [0.25, 0.3) is 0 Å². The summed E-state index contributed by atoms with van der Waals surface area (Å²) in [6.07, 6.45) is 2.67. The highest BCUT2D eigenvalue weighted by Gasteiger charge is 2.17. The van der Waals surface area contributed by atoms with Crippen molar-refractivity contribution in [1.82, 2.24) is 15.3 Å². The first-order chi connectivity index (χ1) is 13.7. The number of hydrogen-bond donors (Lipinski definition) is 2. The third kappa shape index (κ3) is 3.74. The smallest absolute Gasteiger partial charge is 0.147 e. The molecule has 0 saturated carbocycles. The average molecular weight is 374 g/mol. The van der Waals surface area contributed by atoms with E-state index >= 15 is 0 Å². The molecule has 0 radical (unpaired) electrons. The predicted molar refractivity (Wildman–Crippen MR) is 117 cm³/mol. The van der Waals surface area contributed by atoms with Gasteiger partial charge in [-0.2, -0.15) is 0 Å². The van der Waals surface area contributed by atoms with E-state index in [0.29, 0.717) is 12.6 Å². The molecule has 2 heterocycles. The Kier molecular flexibility index (Phi) is 5.32. The monoisotopic (exact) mass is 374 g/mol. The lowest BCUT2D eigenvalue weighted by Crippen LogP contribution is -2.49. The first-order valence-corrected chi connectivity index (χ1v) is 9.73. The number of anilines is 1. The molecule has 0 amide bonds. The number of nitrogens with two attached hydrogens (primary N) is 1. The van der Waals surface area contributed by atoms with Crippen molar-refractivity contribution in [2.45, 2.75) is 19.4 Å². The Balaban J connectivity index is 1.69. The molecule has 144 valence electrons. The van der Waals surface area contributed by atoms with Crippen LogP contribution in [0.25, 0.3) is 22.2 Å². The number of piperazine rings is 1. The minimum atomic E-state index is 0.453. The number of aromatic nitrogens is 2. The number of benzene rings is 2. The van der Waals surface area contributed by atoms with Crippen molar-refractivity contribution in [2.24, 2.45) is 10.7 Å². The first-order valence-electron chi connectivity index (χ1n) is 9.73. The Bertz CT molecular complexity index is 999. The highest BCUT2D eigenvalue weighted by molar-refractivity contribution is 5.83. The van der Waals surface area contributed by atoms with E-state index in [9.17, 15) is 0 Å². The predicted octanol–water partition coefficient (Wildman–Crippen LogP) is 2.93. The molecule has 1 saturated heterocycles. The molecular formula is C22H26N6. The Hall–Kier alpha value is -2.83. The highest BCUT2D eigenvalue weighted by Crippen LogP contribution is 2.29. The molecule has 4 rings (SSSR count). The minimum absolute atomic E-state index is 0.453. The van der Waals surface area contributed by atoms with Gasteiger partial charge in [-0.25, -0.2) is 4.98 Å². The fraction of sp³-hybridized carbons (Fsp3) is 0.318. The Labute approximate surface area is 165 Å². The number of hydrogen-bond acceptors (Lipinski definition) is 6. The number of nitrogens with zero attached hydrogens (tertiary/aromatic N) is 4. The molecule has 3 aromatic rings. The Morgan fingerprint density at radius 2 is 2.04 bits per heavy atom. The summed E-state index contributed by atoms with van der Waals surface area (Å²) in [4.78, 5) is 16.0. The Morgan fingerprint density at radius 1 is 1.21 bits per heavy atom. The quantitative estimate of drug-likeness (QED) is 0.671. The van der Waals surface area contributed by atoms with E-state index in [4.69, 9.17) is 10.7 Å². The van der Waals surface area contributed by atoms with Crippen molar-refractivity contribution in [3.8, 4) is 11.1 Å². The average Bonchev–Trinajstić information content (AvgIpc) is 2.73.